The van der Waals surface area contributed by atoms with Crippen LogP contribution in [0.25, 0.3) is 0 Å². The van der Waals surface area contributed by atoms with Crippen LogP contribution in [0.3, 0.4) is 0 Å². The number of carbonyl (C=O) groups excluding carboxylic acids is 2. The van der Waals surface area contributed by atoms with E-state index in [0.29, 0.717) is 11.8 Å². The third-order valence-electron chi connectivity index (χ3n) is 6.52. The SMILES string of the molecule is O=C1OC(=O)C23C4C=CC(C4)C12C1CCC3C1. The molecule has 0 aromatic carbocycles. The predicted octanol–water partition coefficient (Wildman–Crippen LogP) is 1.68. The molecule has 4 aliphatic carbocycles. The summed E-state index contributed by atoms with van der Waals surface area (Å²) in [7, 11) is 0. The van der Waals surface area contributed by atoms with E-state index in [9.17, 15) is 9.59 Å². The van der Waals surface area contributed by atoms with Crippen molar-refractivity contribution in [3.05, 3.63) is 12.2 Å². The average Bonchev–Trinajstić information content (AvgIpc) is 3.04. The van der Waals surface area contributed by atoms with Gasteiger partial charge in [0.05, 0.1) is 10.8 Å². The van der Waals surface area contributed by atoms with Crippen molar-refractivity contribution in [2.75, 3.05) is 0 Å². The van der Waals surface area contributed by atoms with E-state index >= 15 is 0 Å². The Bertz CT molecular complexity index is 466. The normalized spacial score (nSPS) is 60.9. The second-order valence-electron chi connectivity index (χ2n) is 6.46. The van der Waals surface area contributed by atoms with E-state index in [0.717, 1.165) is 25.7 Å². The Labute approximate surface area is 99.2 Å². The summed E-state index contributed by atoms with van der Waals surface area (Å²) >= 11 is 0. The molecule has 5 rings (SSSR count). The van der Waals surface area contributed by atoms with Crippen LogP contribution < -0.4 is 0 Å². The summed E-state index contributed by atoms with van der Waals surface area (Å²) in [6.07, 6.45) is 8.69. The second-order valence-corrected chi connectivity index (χ2v) is 6.46. The van der Waals surface area contributed by atoms with Crippen LogP contribution in [0.2, 0.25) is 0 Å². The molecule has 0 spiro atoms. The molecular weight excluding hydrogens is 216 g/mol. The quantitative estimate of drug-likeness (QED) is 0.361. The number of fused-ring (bicyclic) bond motifs is 4. The maximum Gasteiger partial charge on any atom is 0.321 e. The lowest BCUT2D eigenvalue weighted by molar-refractivity contribution is -0.158. The molecule has 3 nitrogen and oxygen atoms in total. The van der Waals surface area contributed by atoms with Crippen LogP contribution in [0.5, 0.6) is 0 Å². The second kappa shape index (κ2) is 2.23. The number of ether oxygens (including phenoxy) is 1. The highest BCUT2D eigenvalue weighted by Crippen LogP contribution is 2.81. The van der Waals surface area contributed by atoms with Crippen molar-refractivity contribution in [2.45, 2.75) is 25.7 Å². The molecule has 0 aromatic rings. The van der Waals surface area contributed by atoms with Gasteiger partial charge in [-0.05, 0) is 49.4 Å². The van der Waals surface area contributed by atoms with Crippen molar-refractivity contribution in [3.8, 4) is 0 Å². The third-order valence-corrected chi connectivity index (χ3v) is 6.52. The fraction of sp³-hybridized carbons (Fsp3) is 0.714. The molecule has 1 saturated heterocycles. The zero-order chi connectivity index (χ0) is 11.4. The molecule has 1 heterocycles. The first kappa shape index (κ1) is 8.90. The minimum absolute atomic E-state index is 0.188. The molecule has 3 heteroatoms. The Balaban J connectivity index is 1.90. The van der Waals surface area contributed by atoms with Crippen LogP contribution in [0.1, 0.15) is 25.7 Å². The molecule has 4 bridgehead atoms. The van der Waals surface area contributed by atoms with E-state index in [-0.39, 0.29) is 23.8 Å². The van der Waals surface area contributed by atoms with Crippen LogP contribution in [0.4, 0.5) is 0 Å². The van der Waals surface area contributed by atoms with E-state index in [1.54, 1.807) is 0 Å². The fourth-order valence-corrected chi connectivity index (χ4v) is 6.30. The van der Waals surface area contributed by atoms with Gasteiger partial charge in [-0.3, -0.25) is 9.59 Å². The number of cyclic esters (lactones) is 2. The Kier molecular flexibility index (Phi) is 1.17. The average molecular weight is 230 g/mol. The van der Waals surface area contributed by atoms with Crippen LogP contribution in [-0.4, -0.2) is 11.9 Å². The molecule has 17 heavy (non-hydrogen) atoms. The predicted molar refractivity (Wildman–Crippen MR) is 57.5 cm³/mol. The smallest absolute Gasteiger partial charge is 0.321 e. The Morgan fingerprint density at radius 3 is 2.00 bits per heavy atom. The summed E-state index contributed by atoms with van der Waals surface area (Å²) in [6.45, 7) is 0. The molecule has 0 N–H and O–H groups in total. The largest absolute Gasteiger partial charge is 0.392 e. The monoisotopic (exact) mass is 230 g/mol. The first-order valence-electron chi connectivity index (χ1n) is 6.67. The lowest BCUT2D eigenvalue weighted by Gasteiger charge is -2.44. The molecule has 4 fully saturated rings. The number of carbonyl (C=O) groups is 2. The Hall–Kier alpha value is -1.12. The lowest BCUT2D eigenvalue weighted by atomic mass is 9.53. The van der Waals surface area contributed by atoms with Gasteiger partial charge in [0.2, 0.25) is 0 Å². The number of hydrogen-bond donors (Lipinski definition) is 0. The molecule has 1 aliphatic heterocycles. The minimum Gasteiger partial charge on any atom is -0.392 e. The van der Waals surface area contributed by atoms with Gasteiger partial charge >= 0.3 is 11.9 Å². The van der Waals surface area contributed by atoms with Gasteiger partial charge in [-0.2, -0.15) is 0 Å². The minimum atomic E-state index is -0.438. The maximum absolute atomic E-state index is 12.4. The molecule has 5 aliphatic rings. The van der Waals surface area contributed by atoms with Gasteiger partial charge in [0.25, 0.3) is 0 Å². The summed E-state index contributed by atoms with van der Waals surface area (Å²) in [4.78, 5) is 24.7. The third kappa shape index (κ3) is 0.569. The first-order chi connectivity index (χ1) is 8.22. The Morgan fingerprint density at radius 1 is 0.941 bits per heavy atom. The van der Waals surface area contributed by atoms with Gasteiger partial charge in [-0.1, -0.05) is 12.2 Å². The molecule has 6 unspecified atom stereocenters. The van der Waals surface area contributed by atoms with Gasteiger partial charge < -0.3 is 4.74 Å². The number of esters is 2. The van der Waals surface area contributed by atoms with Crippen molar-refractivity contribution in [3.63, 3.8) is 0 Å². The summed E-state index contributed by atoms with van der Waals surface area (Å²) in [6, 6.07) is 0. The van der Waals surface area contributed by atoms with Gasteiger partial charge in [-0.15, -0.1) is 0 Å². The van der Waals surface area contributed by atoms with Crippen LogP contribution in [0, 0.1) is 34.5 Å². The van der Waals surface area contributed by atoms with Crippen molar-refractivity contribution < 1.29 is 14.3 Å². The van der Waals surface area contributed by atoms with Crippen molar-refractivity contribution >= 4 is 11.9 Å². The van der Waals surface area contributed by atoms with Gasteiger partial charge in [0.15, 0.2) is 0 Å². The van der Waals surface area contributed by atoms with Crippen molar-refractivity contribution in [1.29, 1.82) is 0 Å². The van der Waals surface area contributed by atoms with Crippen LogP contribution >= 0.6 is 0 Å². The topological polar surface area (TPSA) is 43.4 Å². The molecule has 88 valence electrons. The molecular formula is C14H14O3. The molecule has 6 atom stereocenters. The summed E-state index contributed by atoms with van der Waals surface area (Å²) in [5, 5.41) is 0. The van der Waals surface area contributed by atoms with Crippen LogP contribution in [0.15, 0.2) is 12.2 Å². The summed E-state index contributed by atoms with van der Waals surface area (Å²) in [5.74, 6) is 0.999. The first-order valence-corrected chi connectivity index (χ1v) is 6.67. The summed E-state index contributed by atoms with van der Waals surface area (Å²) < 4.78 is 5.12. The highest BCUT2D eigenvalue weighted by Gasteiger charge is 2.86. The number of allylic oxidation sites excluding steroid dienone is 2. The zero-order valence-corrected chi connectivity index (χ0v) is 9.52. The Morgan fingerprint density at radius 2 is 1.47 bits per heavy atom. The fourth-order valence-electron chi connectivity index (χ4n) is 6.30. The van der Waals surface area contributed by atoms with Crippen molar-refractivity contribution in [2.24, 2.45) is 34.5 Å². The van der Waals surface area contributed by atoms with E-state index in [1.165, 1.54) is 0 Å². The zero-order valence-electron chi connectivity index (χ0n) is 9.52. The van der Waals surface area contributed by atoms with Gasteiger partial charge in [0.1, 0.15) is 0 Å². The molecule has 0 aromatic heterocycles. The van der Waals surface area contributed by atoms with E-state index in [4.69, 9.17) is 4.74 Å². The maximum atomic E-state index is 12.4. The van der Waals surface area contributed by atoms with Gasteiger partial charge in [-0.25, -0.2) is 0 Å². The van der Waals surface area contributed by atoms with E-state index < -0.39 is 10.8 Å². The highest BCUT2D eigenvalue weighted by molar-refractivity contribution is 6.05. The molecule has 0 amide bonds. The van der Waals surface area contributed by atoms with E-state index in [2.05, 4.69) is 12.2 Å². The highest BCUT2D eigenvalue weighted by atomic mass is 16.6. The molecule has 0 radical (unpaired) electrons. The van der Waals surface area contributed by atoms with Gasteiger partial charge in [0, 0.05) is 0 Å². The summed E-state index contributed by atoms with van der Waals surface area (Å²) in [5.41, 5.74) is -0.876. The standard InChI is InChI=1S/C14H14O3/c15-11-13-7-1-2-8(5-7)14(13,12(16)17-11)10-4-3-9(13)6-10/h1-2,7-10H,3-6H2. The van der Waals surface area contributed by atoms with Crippen molar-refractivity contribution in [1.82, 2.24) is 0 Å². The number of rotatable bonds is 0. The van der Waals surface area contributed by atoms with E-state index in [1.807, 2.05) is 0 Å². The number of hydrogen-bond acceptors (Lipinski definition) is 3. The lowest BCUT2D eigenvalue weighted by Crippen LogP contribution is -2.51. The van der Waals surface area contributed by atoms with Crippen LogP contribution in [-0.2, 0) is 14.3 Å². The molecule has 3 saturated carbocycles.